The lowest BCUT2D eigenvalue weighted by Gasteiger charge is -2.47. The molecule has 8 rings (SSSR count). The number of nitrogens with zero attached hydrogens (tertiary/aromatic N) is 7. The molecule has 0 radical (unpaired) electrons. The number of rotatable bonds is 19. The highest BCUT2D eigenvalue weighted by atomic mass is 19.1. The largest absolute Gasteiger partial charge is 0.354 e. The van der Waals surface area contributed by atoms with Gasteiger partial charge in [-0.05, 0) is 128 Å². The van der Waals surface area contributed by atoms with Crippen molar-refractivity contribution in [3.8, 4) is 22.5 Å². The molecule has 3 atom stereocenters. The minimum Gasteiger partial charge on any atom is -0.354 e. The van der Waals surface area contributed by atoms with Gasteiger partial charge in [0.05, 0.1) is 11.4 Å². The van der Waals surface area contributed by atoms with Gasteiger partial charge in [0.25, 0.3) is 0 Å². The number of piperazine rings is 1. The van der Waals surface area contributed by atoms with Crippen LogP contribution in [0.5, 0.6) is 0 Å². The number of piperidine rings is 1. The average molecular weight is 879 g/mol. The van der Waals surface area contributed by atoms with E-state index >= 15 is 0 Å². The Bertz CT molecular complexity index is 2440. The first-order valence-corrected chi connectivity index (χ1v) is 23.5. The molecule has 2 aliphatic rings. The monoisotopic (exact) mass is 879 g/mol. The summed E-state index contributed by atoms with van der Waals surface area (Å²) in [6.07, 6.45) is 7.14. The van der Waals surface area contributed by atoms with Gasteiger partial charge < -0.3 is 20.9 Å². The maximum absolute atomic E-state index is 14.7. The van der Waals surface area contributed by atoms with Crippen molar-refractivity contribution in [3.63, 3.8) is 0 Å². The SMILES string of the molecule is CCN(Cc1cccc(-c2ccnc(N(CCc3cccc(F)c3)C(c3cccc(-c4ccnc(NCCc5cccc(F)c5)n4)c3)N3CCNCC3C(C)C)n2)c1)C[C@H]1CCCNC1. The van der Waals surface area contributed by atoms with E-state index in [9.17, 15) is 8.78 Å². The predicted molar refractivity (Wildman–Crippen MR) is 258 cm³/mol. The lowest BCUT2D eigenvalue weighted by atomic mass is 9.96. The van der Waals surface area contributed by atoms with Crippen LogP contribution in [0, 0.1) is 23.5 Å². The fraction of sp³-hybridized carbons (Fsp3) is 0.396. The molecule has 2 fully saturated rings. The average Bonchev–Trinajstić information content (AvgIpc) is 3.33. The number of hydrogen-bond acceptors (Lipinski definition) is 10. The van der Waals surface area contributed by atoms with E-state index in [0.717, 1.165) is 91.6 Å². The zero-order chi connectivity index (χ0) is 45.0. The van der Waals surface area contributed by atoms with Crippen molar-refractivity contribution in [2.24, 2.45) is 11.8 Å². The van der Waals surface area contributed by atoms with Gasteiger partial charge in [-0.1, -0.05) is 81.4 Å². The fourth-order valence-corrected chi connectivity index (χ4v) is 9.45. The van der Waals surface area contributed by atoms with Crippen LogP contribution in [0.4, 0.5) is 20.7 Å². The molecule has 2 unspecified atom stereocenters. The number of hydrogen-bond donors (Lipinski definition) is 3. The van der Waals surface area contributed by atoms with E-state index in [1.165, 1.54) is 30.5 Å². The molecule has 2 aromatic heterocycles. The molecule has 0 amide bonds. The molecule has 0 saturated carbocycles. The van der Waals surface area contributed by atoms with Crippen LogP contribution in [-0.2, 0) is 19.4 Å². The maximum atomic E-state index is 14.7. The molecular formula is C53H64F2N10. The Morgan fingerprint density at radius 2 is 1.45 bits per heavy atom. The summed E-state index contributed by atoms with van der Waals surface area (Å²) in [5.41, 5.74) is 7.82. The molecule has 4 heterocycles. The molecule has 2 saturated heterocycles. The van der Waals surface area contributed by atoms with Crippen LogP contribution in [0.2, 0.25) is 0 Å². The highest BCUT2D eigenvalue weighted by Crippen LogP contribution is 2.35. The summed E-state index contributed by atoms with van der Waals surface area (Å²) in [5, 5.41) is 10.6. The third-order valence-corrected chi connectivity index (χ3v) is 12.8. The quantitative estimate of drug-likeness (QED) is 0.0732. The molecule has 12 heteroatoms. The molecule has 6 aromatic rings. The summed E-state index contributed by atoms with van der Waals surface area (Å²) in [6, 6.07) is 35.1. The van der Waals surface area contributed by atoms with E-state index in [0.29, 0.717) is 49.7 Å². The van der Waals surface area contributed by atoms with Gasteiger partial charge in [0.1, 0.15) is 17.8 Å². The fourth-order valence-electron chi connectivity index (χ4n) is 9.45. The lowest BCUT2D eigenvalue weighted by Crippen LogP contribution is -2.58. The van der Waals surface area contributed by atoms with Crippen molar-refractivity contribution in [1.29, 1.82) is 0 Å². The van der Waals surface area contributed by atoms with Crippen LogP contribution >= 0.6 is 0 Å². The molecule has 65 heavy (non-hydrogen) atoms. The zero-order valence-corrected chi connectivity index (χ0v) is 38.1. The molecule has 4 aromatic carbocycles. The first-order chi connectivity index (χ1) is 31.8. The Morgan fingerprint density at radius 1 is 0.754 bits per heavy atom. The molecule has 340 valence electrons. The normalized spacial score (nSPS) is 17.3. The first kappa shape index (κ1) is 45.9. The lowest BCUT2D eigenvalue weighted by molar-refractivity contribution is 0.0732. The van der Waals surface area contributed by atoms with Crippen molar-refractivity contribution in [2.45, 2.75) is 65.2 Å². The molecule has 10 nitrogen and oxygen atoms in total. The maximum Gasteiger partial charge on any atom is 0.227 e. The minimum absolute atomic E-state index is 0.216. The highest BCUT2D eigenvalue weighted by molar-refractivity contribution is 5.63. The molecule has 2 aliphatic heterocycles. The Morgan fingerprint density at radius 3 is 2.18 bits per heavy atom. The minimum atomic E-state index is -0.266. The summed E-state index contributed by atoms with van der Waals surface area (Å²) < 4.78 is 28.5. The van der Waals surface area contributed by atoms with E-state index < -0.39 is 0 Å². The summed E-state index contributed by atoms with van der Waals surface area (Å²) in [7, 11) is 0. The number of anilines is 2. The van der Waals surface area contributed by atoms with E-state index in [2.05, 4.69) is 105 Å². The van der Waals surface area contributed by atoms with Crippen molar-refractivity contribution in [3.05, 3.63) is 155 Å². The number of benzene rings is 4. The number of aromatic nitrogens is 4. The van der Waals surface area contributed by atoms with E-state index in [4.69, 9.17) is 15.0 Å². The van der Waals surface area contributed by atoms with Crippen molar-refractivity contribution in [2.75, 3.05) is 69.1 Å². The second-order valence-electron chi connectivity index (χ2n) is 17.9. The number of halogens is 2. The van der Waals surface area contributed by atoms with Crippen molar-refractivity contribution in [1.82, 2.24) is 40.4 Å². The third-order valence-electron chi connectivity index (χ3n) is 12.8. The Balaban J connectivity index is 1.14. The van der Waals surface area contributed by atoms with Gasteiger partial charge in [0.2, 0.25) is 11.9 Å². The Hall–Kier alpha value is -5.66. The standard InChI is InChI=1S/C53H64F2N10/c1-4-63(37-42-13-9-23-56-34-42)36-41-12-5-14-43(30-41)49-21-26-60-53(62-49)65(28-22-40-11-7-18-47(55)32-40)51(64-29-27-57-35-50(64)38(2)3)45-16-8-15-44(33-45)48-20-25-59-52(61-48)58-24-19-39-10-6-17-46(54)31-39/h5-8,10-12,14-18,20-21,25-26,30-33,38,42,50-51,56-57H,4,9,13,19,22-24,27-29,34-37H2,1-3H3,(H,58,59,61)/t42-,50?,51?/m0/s1. The van der Waals surface area contributed by atoms with Crippen molar-refractivity contribution < 1.29 is 8.78 Å². The Kier molecular flexibility index (Phi) is 15.9. The van der Waals surface area contributed by atoms with Crippen LogP contribution in [0.25, 0.3) is 22.5 Å². The van der Waals surface area contributed by atoms with Crippen LogP contribution < -0.4 is 20.9 Å². The molecule has 3 N–H and O–H groups in total. The summed E-state index contributed by atoms with van der Waals surface area (Å²) in [5.74, 6) is 1.67. The first-order valence-electron chi connectivity index (χ1n) is 23.5. The van der Waals surface area contributed by atoms with Crippen LogP contribution in [0.3, 0.4) is 0 Å². The molecule has 0 spiro atoms. The molecular weight excluding hydrogens is 815 g/mol. The second kappa shape index (κ2) is 22.5. The predicted octanol–water partition coefficient (Wildman–Crippen LogP) is 9.03. The van der Waals surface area contributed by atoms with Gasteiger partial charge in [0, 0.05) is 75.4 Å². The topological polar surface area (TPSA) is 97.4 Å². The van der Waals surface area contributed by atoms with Gasteiger partial charge in [-0.15, -0.1) is 0 Å². The van der Waals surface area contributed by atoms with E-state index in [1.54, 1.807) is 30.5 Å². The third kappa shape index (κ3) is 12.4. The summed E-state index contributed by atoms with van der Waals surface area (Å²) in [4.78, 5) is 27.4. The smallest absolute Gasteiger partial charge is 0.227 e. The van der Waals surface area contributed by atoms with E-state index in [1.807, 2.05) is 30.5 Å². The van der Waals surface area contributed by atoms with Crippen LogP contribution in [0.1, 0.15) is 62.0 Å². The summed E-state index contributed by atoms with van der Waals surface area (Å²) in [6.45, 7) is 15.6. The van der Waals surface area contributed by atoms with Gasteiger partial charge in [-0.2, -0.15) is 0 Å². The van der Waals surface area contributed by atoms with Gasteiger partial charge >= 0.3 is 0 Å². The highest BCUT2D eigenvalue weighted by Gasteiger charge is 2.36. The van der Waals surface area contributed by atoms with E-state index in [-0.39, 0.29) is 23.8 Å². The van der Waals surface area contributed by atoms with Gasteiger partial charge in [0.15, 0.2) is 0 Å². The van der Waals surface area contributed by atoms with Crippen molar-refractivity contribution >= 4 is 11.9 Å². The van der Waals surface area contributed by atoms with Crippen LogP contribution in [-0.4, -0.2) is 94.7 Å². The zero-order valence-electron chi connectivity index (χ0n) is 38.1. The van der Waals surface area contributed by atoms with Gasteiger partial charge in [-0.3, -0.25) is 9.80 Å². The summed E-state index contributed by atoms with van der Waals surface area (Å²) >= 11 is 0. The number of nitrogens with one attached hydrogen (secondary N) is 3. The molecule has 0 bridgehead atoms. The second-order valence-corrected chi connectivity index (χ2v) is 17.9. The van der Waals surface area contributed by atoms with Gasteiger partial charge in [-0.25, -0.2) is 28.7 Å². The Labute approximate surface area is 384 Å². The molecule has 0 aliphatic carbocycles. The van der Waals surface area contributed by atoms with Crippen LogP contribution in [0.15, 0.2) is 122 Å².